The molecule has 0 saturated heterocycles. The fourth-order valence-corrected chi connectivity index (χ4v) is 2.57. The number of hydrogen-bond donors (Lipinski definition) is 0. The van der Waals surface area contributed by atoms with E-state index in [-0.39, 0.29) is 5.15 Å². The van der Waals surface area contributed by atoms with Crippen molar-refractivity contribution in [3.05, 3.63) is 33.6 Å². The summed E-state index contributed by atoms with van der Waals surface area (Å²) in [5.74, 6) is 0. The lowest BCUT2D eigenvalue weighted by Crippen LogP contribution is -2.04. The van der Waals surface area contributed by atoms with Gasteiger partial charge in [0.1, 0.15) is 0 Å². The molecule has 0 spiro atoms. The Morgan fingerprint density at radius 1 is 0.938 bits per heavy atom. The number of benzene rings is 1. The van der Waals surface area contributed by atoms with Crippen molar-refractivity contribution in [2.75, 3.05) is 0 Å². The molecule has 0 saturated carbocycles. The van der Waals surface area contributed by atoms with Crippen LogP contribution < -0.4 is 0 Å². The summed E-state index contributed by atoms with van der Waals surface area (Å²) in [5, 5.41) is 0.582. The van der Waals surface area contributed by atoms with E-state index in [2.05, 4.69) is 16.0 Å². The van der Waals surface area contributed by atoms with Gasteiger partial charge in [-0.05, 0) is 42.9 Å². The molecule has 1 aliphatic carbocycles. The van der Waals surface area contributed by atoms with E-state index >= 15 is 0 Å². The predicted octanol–water partition coefficient (Wildman–Crippen LogP) is 3.82. The molecule has 0 aliphatic heterocycles. The Balaban J connectivity index is 2.34. The van der Waals surface area contributed by atoms with Gasteiger partial charge in [0.25, 0.3) is 0 Å². The molecule has 0 amide bonds. The fraction of sp³-hybridized carbons (Fsp3) is 0.333. The first-order chi connectivity index (χ1) is 7.75. The molecule has 16 heavy (non-hydrogen) atoms. The summed E-state index contributed by atoms with van der Waals surface area (Å²) in [6.07, 6.45) is 4.67. The average molecular weight is 253 g/mol. The second kappa shape index (κ2) is 3.86. The topological polar surface area (TPSA) is 25.8 Å². The van der Waals surface area contributed by atoms with Gasteiger partial charge >= 0.3 is 0 Å². The first-order valence-electron chi connectivity index (χ1n) is 5.39. The summed E-state index contributed by atoms with van der Waals surface area (Å²) in [5.41, 5.74) is 4.45. The van der Waals surface area contributed by atoms with Gasteiger partial charge < -0.3 is 0 Å². The van der Waals surface area contributed by atoms with Crippen molar-refractivity contribution >= 4 is 34.2 Å². The molecular weight excluding hydrogens is 243 g/mol. The van der Waals surface area contributed by atoms with Crippen molar-refractivity contribution in [3.8, 4) is 0 Å². The monoisotopic (exact) mass is 252 g/mol. The van der Waals surface area contributed by atoms with E-state index in [1.165, 1.54) is 24.0 Å². The van der Waals surface area contributed by atoms with Crippen LogP contribution in [0.1, 0.15) is 24.0 Å². The zero-order valence-electron chi connectivity index (χ0n) is 8.63. The molecule has 1 heterocycles. The number of aryl methyl sites for hydroxylation is 2. The van der Waals surface area contributed by atoms with Gasteiger partial charge in [-0.3, -0.25) is 0 Å². The lowest BCUT2D eigenvalue weighted by molar-refractivity contribution is 0.689. The first kappa shape index (κ1) is 10.3. The van der Waals surface area contributed by atoms with E-state index in [1.54, 1.807) is 0 Å². The highest BCUT2D eigenvalue weighted by atomic mass is 35.5. The predicted molar refractivity (Wildman–Crippen MR) is 66.2 cm³/mol. The third kappa shape index (κ3) is 1.57. The Hall–Kier alpha value is -0.860. The molecule has 3 rings (SSSR count). The minimum Gasteiger partial charge on any atom is -0.231 e. The molecule has 82 valence electrons. The maximum Gasteiger partial charge on any atom is 0.167 e. The SMILES string of the molecule is Clc1nc2ccc3c(c2nc1Cl)CCCC3. The van der Waals surface area contributed by atoms with E-state index in [0.717, 1.165) is 23.9 Å². The van der Waals surface area contributed by atoms with Crippen LogP contribution >= 0.6 is 23.2 Å². The van der Waals surface area contributed by atoms with Gasteiger partial charge in [-0.15, -0.1) is 0 Å². The van der Waals surface area contributed by atoms with Gasteiger partial charge in [0.05, 0.1) is 11.0 Å². The molecule has 0 atom stereocenters. The van der Waals surface area contributed by atoms with Gasteiger partial charge in [0.15, 0.2) is 10.3 Å². The van der Waals surface area contributed by atoms with Crippen LogP contribution in [0.4, 0.5) is 0 Å². The van der Waals surface area contributed by atoms with Crippen LogP contribution in [0.15, 0.2) is 12.1 Å². The van der Waals surface area contributed by atoms with Crippen LogP contribution in [0.3, 0.4) is 0 Å². The van der Waals surface area contributed by atoms with Crippen molar-refractivity contribution in [2.45, 2.75) is 25.7 Å². The van der Waals surface area contributed by atoms with Crippen molar-refractivity contribution in [3.63, 3.8) is 0 Å². The lowest BCUT2D eigenvalue weighted by atomic mass is 9.90. The van der Waals surface area contributed by atoms with Crippen molar-refractivity contribution in [1.29, 1.82) is 0 Å². The Bertz CT molecular complexity index is 566. The number of halogens is 2. The Labute approximate surface area is 104 Å². The lowest BCUT2D eigenvalue weighted by Gasteiger charge is -2.16. The number of aromatic nitrogens is 2. The minimum atomic E-state index is 0.282. The third-order valence-electron chi connectivity index (χ3n) is 3.08. The molecule has 2 aromatic rings. The quantitative estimate of drug-likeness (QED) is 0.713. The summed E-state index contributed by atoms with van der Waals surface area (Å²) in [6, 6.07) is 4.12. The van der Waals surface area contributed by atoms with Crippen LogP contribution in [-0.2, 0) is 12.8 Å². The number of nitrogens with zero attached hydrogens (tertiary/aromatic N) is 2. The minimum absolute atomic E-state index is 0.282. The zero-order valence-corrected chi connectivity index (χ0v) is 10.1. The Kier molecular flexibility index (Phi) is 2.49. The Morgan fingerprint density at radius 3 is 2.56 bits per heavy atom. The Morgan fingerprint density at radius 2 is 1.69 bits per heavy atom. The van der Waals surface area contributed by atoms with E-state index in [0.29, 0.717) is 5.15 Å². The van der Waals surface area contributed by atoms with Crippen molar-refractivity contribution in [2.24, 2.45) is 0 Å². The summed E-state index contributed by atoms with van der Waals surface area (Å²) in [7, 11) is 0. The van der Waals surface area contributed by atoms with Crippen molar-refractivity contribution < 1.29 is 0 Å². The standard InChI is InChI=1S/C12H10Cl2N2/c13-11-12(14)16-10-8-4-2-1-3-7(8)5-6-9(10)15-11/h5-6H,1-4H2. The molecule has 0 fully saturated rings. The molecule has 2 nitrogen and oxygen atoms in total. The van der Waals surface area contributed by atoms with E-state index in [1.807, 2.05) is 6.07 Å². The van der Waals surface area contributed by atoms with Gasteiger partial charge in [0, 0.05) is 0 Å². The number of rotatable bonds is 0. The summed E-state index contributed by atoms with van der Waals surface area (Å²) in [6.45, 7) is 0. The largest absolute Gasteiger partial charge is 0.231 e. The summed E-state index contributed by atoms with van der Waals surface area (Å²) < 4.78 is 0. The zero-order chi connectivity index (χ0) is 11.1. The highest BCUT2D eigenvalue weighted by Crippen LogP contribution is 2.29. The van der Waals surface area contributed by atoms with Crippen LogP contribution in [-0.4, -0.2) is 9.97 Å². The highest BCUT2D eigenvalue weighted by molar-refractivity contribution is 6.40. The molecule has 1 aliphatic rings. The smallest absolute Gasteiger partial charge is 0.167 e. The molecule has 0 N–H and O–H groups in total. The second-order valence-electron chi connectivity index (χ2n) is 4.08. The number of hydrogen-bond acceptors (Lipinski definition) is 2. The fourth-order valence-electron chi connectivity index (χ4n) is 2.31. The summed E-state index contributed by atoms with van der Waals surface area (Å²) in [4.78, 5) is 8.61. The van der Waals surface area contributed by atoms with Crippen molar-refractivity contribution in [1.82, 2.24) is 9.97 Å². The van der Waals surface area contributed by atoms with Crippen LogP contribution in [0, 0.1) is 0 Å². The molecule has 0 bridgehead atoms. The average Bonchev–Trinajstić information content (AvgIpc) is 2.31. The van der Waals surface area contributed by atoms with E-state index < -0.39 is 0 Å². The molecule has 0 radical (unpaired) electrons. The van der Waals surface area contributed by atoms with Gasteiger partial charge in [-0.1, -0.05) is 29.3 Å². The van der Waals surface area contributed by atoms with Crippen LogP contribution in [0.5, 0.6) is 0 Å². The summed E-state index contributed by atoms with van der Waals surface area (Å²) >= 11 is 11.8. The maximum absolute atomic E-state index is 5.92. The molecule has 1 aromatic heterocycles. The van der Waals surface area contributed by atoms with E-state index in [9.17, 15) is 0 Å². The molecule has 1 aromatic carbocycles. The van der Waals surface area contributed by atoms with Gasteiger partial charge in [-0.2, -0.15) is 0 Å². The second-order valence-corrected chi connectivity index (χ2v) is 4.80. The first-order valence-corrected chi connectivity index (χ1v) is 6.15. The molecule has 0 unspecified atom stereocenters. The van der Waals surface area contributed by atoms with Gasteiger partial charge in [-0.25, -0.2) is 9.97 Å². The van der Waals surface area contributed by atoms with Gasteiger partial charge in [0.2, 0.25) is 0 Å². The number of fused-ring (bicyclic) bond motifs is 3. The third-order valence-corrected chi connectivity index (χ3v) is 3.70. The maximum atomic E-state index is 5.92. The highest BCUT2D eigenvalue weighted by Gasteiger charge is 2.15. The van der Waals surface area contributed by atoms with E-state index in [4.69, 9.17) is 23.2 Å². The van der Waals surface area contributed by atoms with Crippen LogP contribution in [0.2, 0.25) is 10.3 Å². The normalized spacial score (nSPS) is 15.1. The molecular formula is C12H10Cl2N2. The molecule has 4 heteroatoms. The van der Waals surface area contributed by atoms with Crippen LogP contribution in [0.25, 0.3) is 11.0 Å².